The Morgan fingerprint density at radius 3 is 2.75 bits per heavy atom. The number of aromatic nitrogens is 5. The summed E-state index contributed by atoms with van der Waals surface area (Å²) in [5.41, 5.74) is 1.54. The molecule has 3 aromatic rings. The Hall–Kier alpha value is -2.63. The standard InChI is InChI=1S/C14H13N5O/c20-14-18-17-13(19(14)10-6-7-10)11-8-15-12(16-11)9-4-2-1-3-5-9/h1-5,8,10H,6-7H2,(H,15,16)(H,18,20). The van der Waals surface area contributed by atoms with Crippen LogP contribution in [-0.4, -0.2) is 24.7 Å². The minimum Gasteiger partial charge on any atom is -0.344 e. The fraction of sp³-hybridized carbons (Fsp3) is 0.214. The van der Waals surface area contributed by atoms with Crippen LogP contribution in [0.1, 0.15) is 18.9 Å². The van der Waals surface area contributed by atoms with E-state index in [0.717, 1.165) is 24.2 Å². The summed E-state index contributed by atoms with van der Waals surface area (Å²) in [7, 11) is 0. The van der Waals surface area contributed by atoms with Gasteiger partial charge in [0.25, 0.3) is 0 Å². The van der Waals surface area contributed by atoms with Gasteiger partial charge in [-0.05, 0) is 12.8 Å². The summed E-state index contributed by atoms with van der Waals surface area (Å²) in [5, 5.41) is 6.61. The molecular weight excluding hydrogens is 254 g/mol. The van der Waals surface area contributed by atoms with Gasteiger partial charge in [0.1, 0.15) is 11.5 Å². The second-order valence-electron chi connectivity index (χ2n) is 4.95. The van der Waals surface area contributed by atoms with Gasteiger partial charge in [0.15, 0.2) is 5.82 Å². The van der Waals surface area contributed by atoms with E-state index in [1.807, 2.05) is 30.3 Å². The van der Waals surface area contributed by atoms with Crippen LogP contribution < -0.4 is 5.69 Å². The van der Waals surface area contributed by atoms with Gasteiger partial charge in [0.05, 0.1) is 0 Å². The third-order valence-electron chi connectivity index (χ3n) is 3.47. The van der Waals surface area contributed by atoms with Gasteiger partial charge in [-0.15, -0.1) is 0 Å². The number of rotatable bonds is 3. The summed E-state index contributed by atoms with van der Waals surface area (Å²) in [4.78, 5) is 19.5. The molecule has 0 saturated heterocycles. The molecule has 0 radical (unpaired) electrons. The summed E-state index contributed by atoms with van der Waals surface area (Å²) in [5.74, 6) is 1.38. The zero-order valence-corrected chi connectivity index (χ0v) is 10.7. The van der Waals surface area contributed by atoms with Crippen molar-refractivity contribution < 1.29 is 0 Å². The molecule has 0 bridgehead atoms. The van der Waals surface area contributed by atoms with Crippen LogP contribution in [-0.2, 0) is 0 Å². The van der Waals surface area contributed by atoms with Crippen molar-refractivity contribution in [3.8, 4) is 22.9 Å². The van der Waals surface area contributed by atoms with E-state index in [-0.39, 0.29) is 11.7 Å². The van der Waals surface area contributed by atoms with Crippen molar-refractivity contribution in [3.05, 3.63) is 47.0 Å². The van der Waals surface area contributed by atoms with Crippen LogP contribution in [0.5, 0.6) is 0 Å². The fourth-order valence-corrected chi connectivity index (χ4v) is 2.34. The zero-order valence-electron chi connectivity index (χ0n) is 10.7. The molecule has 2 aromatic heterocycles. The number of benzene rings is 1. The van der Waals surface area contributed by atoms with Crippen LogP contribution in [0.15, 0.2) is 41.3 Å². The van der Waals surface area contributed by atoms with E-state index < -0.39 is 0 Å². The third-order valence-corrected chi connectivity index (χ3v) is 3.47. The van der Waals surface area contributed by atoms with Gasteiger partial charge < -0.3 is 4.98 Å². The molecule has 1 aromatic carbocycles. The van der Waals surface area contributed by atoms with E-state index in [9.17, 15) is 4.79 Å². The highest BCUT2D eigenvalue weighted by molar-refractivity contribution is 5.60. The summed E-state index contributed by atoms with van der Waals surface area (Å²) in [6, 6.07) is 10.1. The van der Waals surface area contributed by atoms with Gasteiger partial charge in [0, 0.05) is 17.8 Å². The van der Waals surface area contributed by atoms with Gasteiger partial charge in [-0.3, -0.25) is 4.57 Å². The SMILES string of the molecule is O=c1[nH]nc(-c2c[nH]c(-c3ccccc3)n2)n1C1CC1. The minimum absolute atomic E-state index is 0.160. The smallest absolute Gasteiger partial charge is 0.343 e. The van der Waals surface area contributed by atoms with Crippen LogP contribution in [0.2, 0.25) is 0 Å². The molecule has 0 spiro atoms. The number of aromatic amines is 2. The quantitative estimate of drug-likeness (QED) is 0.761. The molecule has 0 aliphatic heterocycles. The van der Waals surface area contributed by atoms with Gasteiger partial charge >= 0.3 is 5.69 Å². The molecule has 2 heterocycles. The van der Waals surface area contributed by atoms with Gasteiger partial charge in [-0.1, -0.05) is 30.3 Å². The van der Waals surface area contributed by atoms with Crippen molar-refractivity contribution >= 4 is 0 Å². The number of hydrogen-bond acceptors (Lipinski definition) is 3. The topological polar surface area (TPSA) is 79.4 Å². The summed E-state index contributed by atoms with van der Waals surface area (Å²) >= 11 is 0. The molecule has 0 unspecified atom stereocenters. The molecule has 1 aliphatic rings. The van der Waals surface area contributed by atoms with Crippen molar-refractivity contribution in [2.45, 2.75) is 18.9 Å². The number of hydrogen-bond donors (Lipinski definition) is 2. The predicted octanol–water partition coefficient (Wildman–Crippen LogP) is 1.96. The second kappa shape index (κ2) is 4.19. The molecule has 2 N–H and O–H groups in total. The monoisotopic (exact) mass is 267 g/mol. The molecule has 1 aliphatic carbocycles. The molecule has 6 heteroatoms. The van der Waals surface area contributed by atoms with E-state index >= 15 is 0 Å². The van der Waals surface area contributed by atoms with Gasteiger partial charge in [0.2, 0.25) is 0 Å². The Labute approximate surface area is 114 Å². The normalized spacial score (nSPS) is 14.6. The van der Waals surface area contributed by atoms with Gasteiger partial charge in [-0.25, -0.2) is 14.9 Å². The lowest BCUT2D eigenvalue weighted by molar-refractivity contribution is 0.715. The van der Waals surface area contributed by atoms with Crippen LogP contribution >= 0.6 is 0 Å². The molecule has 0 atom stereocenters. The average molecular weight is 267 g/mol. The molecular formula is C14H13N5O. The Morgan fingerprint density at radius 2 is 2.00 bits per heavy atom. The summed E-state index contributed by atoms with van der Waals surface area (Å²) in [6.45, 7) is 0. The lowest BCUT2D eigenvalue weighted by atomic mass is 10.2. The lowest BCUT2D eigenvalue weighted by Crippen LogP contribution is -2.16. The first-order valence-corrected chi connectivity index (χ1v) is 6.61. The molecule has 20 heavy (non-hydrogen) atoms. The highest BCUT2D eigenvalue weighted by atomic mass is 16.1. The van der Waals surface area contributed by atoms with Crippen LogP contribution in [0, 0.1) is 0 Å². The van der Waals surface area contributed by atoms with Crippen molar-refractivity contribution in [2.24, 2.45) is 0 Å². The van der Waals surface area contributed by atoms with Crippen LogP contribution in [0.25, 0.3) is 22.9 Å². The summed E-state index contributed by atoms with van der Waals surface area (Å²) in [6.07, 6.45) is 3.85. The first-order valence-electron chi connectivity index (χ1n) is 6.61. The predicted molar refractivity (Wildman–Crippen MR) is 74.1 cm³/mol. The second-order valence-corrected chi connectivity index (χ2v) is 4.95. The highest BCUT2D eigenvalue weighted by Crippen LogP contribution is 2.36. The first-order chi connectivity index (χ1) is 9.83. The van der Waals surface area contributed by atoms with Crippen molar-refractivity contribution in [3.63, 3.8) is 0 Å². The van der Waals surface area contributed by atoms with Gasteiger partial charge in [-0.2, -0.15) is 5.10 Å². The van der Waals surface area contributed by atoms with E-state index in [2.05, 4.69) is 20.2 Å². The largest absolute Gasteiger partial charge is 0.344 e. The average Bonchev–Trinajstić information content (AvgIpc) is 3.06. The Kier molecular flexibility index (Phi) is 2.35. The van der Waals surface area contributed by atoms with E-state index in [1.165, 1.54) is 0 Å². The van der Waals surface area contributed by atoms with Crippen LogP contribution in [0.3, 0.4) is 0 Å². The molecule has 6 nitrogen and oxygen atoms in total. The molecule has 0 amide bonds. The highest BCUT2D eigenvalue weighted by Gasteiger charge is 2.29. The van der Waals surface area contributed by atoms with E-state index in [0.29, 0.717) is 11.5 Å². The summed E-state index contributed by atoms with van der Waals surface area (Å²) < 4.78 is 1.70. The van der Waals surface area contributed by atoms with Crippen molar-refractivity contribution in [2.75, 3.05) is 0 Å². The number of nitrogens with zero attached hydrogens (tertiary/aromatic N) is 3. The molecule has 100 valence electrons. The number of H-pyrrole nitrogens is 2. The Balaban J connectivity index is 1.77. The number of imidazole rings is 1. The molecule has 1 fully saturated rings. The maximum absolute atomic E-state index is 11.8. The van der Waals surface area contributed by atoms with E-state index in [1.54, 1.807) is 10.8 Å². The van der Waals surface area contributed by atoms with Crippen molar-refractivity contribution in [1.82, 2.24) is 24.7 Å². The zero-order chi connectivity index (χ0) is 13.5. The third kappa shape index (κ3) is 1.77. The number of nitrogens with one attached hydrogen (secondary N) is 2. The first kappa shape index (κ1) is 11.2. The van der Waals surface area contributed by atoms with Crippen LogP contribution in [0.4, 0.5) is 0 Å². The van der Waals surface area contributed by atoms with Crippen molar-refractivity contribution in [1.29, 1.82) is 0 Å². The Morgan fingerprint density at radius 1 is 1.20 bits per heavy atom. The Bertz CT molecular complexity index is 794. The van der Waals surface area contributed by atoms with E-state index in [4.69, 9.17) is 0 Å². The lowest BCUT2D eigenvalue weighted by Gasteiger charge is -1.99. The fourth-order valence-electron chi connectivity index (χ4n) is 2.34. The molecule has 4 rings (SSSR count). The maximum atomic E-state index is 11.8. The minimum atomic E-state index is -0.160. The molecule has 1 saturated carbocycles. The maximum Gasteiger partial charge on any atom is 0.343 e.